The first-order chi connectivity index (χ1) is 6.20. The maximum Gasteiger partial charge on any atom is 0.105 e. The summed E-state index contributed by atoms with van der Waals surface area (Å²) in [6.45, 7) is 6.44. The van der Waals surface area contributed by atoms with E-state index >= 15 is 0 Å². The Labute approximate surface area is 79.2 Å². The second-order valence-corrected chi connectivity index (χ2v) is 3.88. The van der Waals surface area contributed by atoms with Gasteiger partial charge in [0.2, 0.25) is 0 Å². The topological polar surface area (TPSA) is 29.9 Å². The summed E-state index contributed by atoms with van der Waals surface area (Å²) >= 11 is 0. The van der Waals surface area contributed by atoms with Gasteiger partial charge in [-0.3, -0.25) is 0 Å². The van der Waals surface area contributed by atoms with Gasteiger partial charge in [0.05, 0.1) is 5.69 Å². The molecule has 0 bridgehead atoms. The van der Waals surface area contributed by atoms with Crippen molar-refractivity contribution in [3.63, 3.8) is 0 Å². The van der Waals surface area contributed by atoms with Crippen LogP contribution in [0.5, 0.6) is 0 Å². The summed E-state index contributed by atoms with van der Waals surface area (Å²) in [7, 11) is 2.11. The second-order valence-electron chi connectivity index (χ2n) is 3.88. The van der Waals surface area contributed by atoms with Crippen LogP contribution < -0.4 is 5.32 Å². The predicted octanol–water partition coefficient (Wildman–Crippen LogP) is 1.11. The van der Waals surface area contributed by atoms with Crippen molar-refractivity contribution in [3.05, 3.63) is 17.2 Å². The van der Waals surface area contributed by atoms with Gasteiger partial charge in [0.25, 0.3) is 0 Å². The molecule has 2 rings (SSSR count). The smallest absolute Gasteiger partial charge is 0.105 e. The zero-order chi connectivity index (χ0) is 9.42. The van der Waals surface area contributed by atoms with Crippen molar-refractivity contribution in [3.8, 4) is 0 Å². The summed E-state index contributed by atoms with van der Waals surface area (Å²) in [5.41, 5.74) is 2.62. The molecule has 1 aliphatic rings. The fourth-order valence-electron chi connectivity index (χ4n) is 2.25. The molecule has 1 aromatic heterocycles. The molecule has 72 valence electrons. The average molecular weight is 179 g/mol. The molecule has 1 saturated heterocycles. The Hall–Kier alpha value is -0.830. The van der Waals surface area contributed by atoms with Crippen LogP contribution in [0.2, 0.25) is 0 Å². The summed E-state index contributed by atoms with van der Waals surface area (Å²) in [6, 6.07) is 0. The van der Waals surface area contributed by atoms with Crippen molar-refractivity contribution >= 4 is 0 Å². The Kier molecular flexibility index (Phi) is 2.12. The lowest BCUT2D eigenvalue weighted by Gasteiger charge is -2.10. The van der Waals surface area contributed by atoms with Crippen LogP contribution in [0, 0.1) is 13.8 Å². The Balaban J connectivity index is 2.37. The maximum atomic E-state index is 4.49. The zero-order valence-electron chi connectivity index (χ0n) is 8.59. The predicted molar refractivity (Wildman–Crippen MR) is 52.9 cm³/mol. The molecular weight excluding hydrogens is 162 g/mol. The molecule has 1 aliphatic heterocycles. The molecule has 1 aromatic rings. The normalized spacial score (nSPS) is 22.5. The fourth-order valence-corrected chi connectivity index (χ4v) is 2.25. The van der Waals surface area contributed by atoms with Crippen molar-refractivity contribution in [2.75, 3.05) is 13.1 Å². The fraction of sp³-hybridized carbons (Fsp3) is 0.700. The quantitative estimate of drug-likeness (QED) is 0.700. The van der Waals surface area contributed by atoms with Gasteiger partial charge in [-0.2, -0.15) is 0 Å². The van der Waals surface area contributed by atoms with E-state index in [1.807, 2.05) is 0 Å². The number of hydrogen-bond acceptors (Lipinski definition) is 2. The van der Waals surface area contributed by atoms with E-state index in [0.717, 1.165) is 18.9 Å². The van der Waals surface area contributed by atoms with Crippen LogP contribution in [0.25, 0.3) is 0 Å². The maximum absolute atomic E-state index is 4.49. The van der Waals surface area contributed by atoms with Gasteiger partial charge in [-0.05, 0) is 26.8 Å². The Morgan fingerprint density at radius 2 is 2.23 bits per heavy atom. The van der Waals surface area contributed by atoms with Crippen LogP contribution >= 0.6 is 0 Å². The molecule has 1 N–H and O–H groups in total. The van der Waals surface area contributed by atoms with Crippen molar-refractivity contribution in [2.24, 2.45) is 7.05 Å². The molecule has 3 nitrogen and oxygen atoms in total. The monoisotopic (exact) mass is 179 g/mol. The van der Waals surface area contributed by atoms with Gasteiger partial charge in [0.15, 0.2) is 0 Å². The number of nitrogens with zero attached hydrogens (tertiary/aromatic N) is 2. The summed E-state index contributed by atoms with van der Waals surface area (Å²) in [4.78, 5) is 4.49. The molecule has 2 heterocycles. The number of aryl methyl sites for hydroxylation is 2. The highest BCUT2D eigenvalue weighted by Gasteiger charge is 2.22. The molecule has 1 fully saturated rings. The molecule has 13 heavy (non-hydrogen) atoms. The molecule has 0 radical (unpaired) electrons. The van der Waals surface area contributed by atoms with Crippen LogP contribution in [0.4, 0.5) is 0 Å². The SMILES string of the molecule is Cc1nc(C)n(C)c1C1CCNC1. The van der Waals surface area contributed by atoms with E-state index in [-0.39, 0.29) is 0 Å². The van der Waals surface area contributed by atoms with Gasteiger partial charge in [0, 0.05) is 25.2 Å². The first kappa shape index (κ1) is 8.75. The summed E-state index contributed by atoms with van der Waals surface area (Å²) in [5.74, 6) is 1.80. The molecule has 0 aliphatic carbocycles. The van der Waals surface area contributed by atoms with Gasteiger partial charge < -0.3 is 9.88 Å². The molecule has 0 amide bonds. The van der Waals surface area contributed by atoms with E-state index in [9.17, 15) is 0 Å². The largest absolute Gasteiger partial charge is 0.335 e. The molecule has 1 atom stereocenters. The van der Waals surface area contributed by atoms with E-state index in [1.165, 1.54) is 17.8 Å². The Morgan fingerprint density at radius 1 is 1.46 bits per heavy atom. The molecule has 0 spiro atoms. The first-order valence-electron chi connectivity index (χ1n) is 4.90. The average Bonchev–Trinajstić information content (AvgIpc) is 2.63. The van der Waals surface area contributed by atoms with Crippen molar-refractivity contribution in [1.82, 2.24) is 14.9 Å². The summed E-state index contributed by atoms with van der Waals surface area (Å²) < 4.78 is 2.23. The van der Waals surface area contributed by atoms with Crippen LogP contribution in [0.1, 0.15) is 29.6 Å². The Bertz CT molecular complexity index is 308. The number of nitrogens with one attached hydrogen (secondary N) is 1. The van der Waals surface area contributed by atoms with Crippen LogP contribution in [0.3, 0.4) is 0 Å². The van der Waals surface area contributed by atoms with Crippen molar-refractivity contribution < 1.29 is 0 Å². The highest BCUT2D eigenvalue weighted by atomic mass is 15.1. The third-order valence-electron chi connectivity index (χ3n) is 2.99. The highest BCUT2D eigenvalue weighted by Crippen LogP contribution is 2.25. The third-order valence-corrected chi connectivity index (χ3v) is 2.99. The molecule has 1 unspecified atom stereocenters. The van der Waals surface area contributed by atoms with Crippen molar-refractivity contribution in [2.45, 2.75) is 26.2 Å². The lowest BCUT2D eigenvalue weighted by atomic mass is 10.0. The van der Waals surface area contributed by atoms with E-state index in [2.05, 4.69) is 35.8 Å². The van der Waals surface area contributed by atoms with E-state index in [1.54, 1.807) is 0 Å². The van der Waals surface area contributed by atoms with Crippen LogP contribution in [-0.4, -0.2) is 22.6 Å². The number of rotatable bonds is 1. The molecule has 0 saturated carbocycles. The van der Waals surface area contributed by atoms with Gasteiger partial charge >= 0.3 is 0 Å². The number of hydrogen-bond donors (Lipinski definition) is 1. The number of imidazole rings is 1. The third kappa shape index (κ3) is 1.37. The summed E-state index contributed by atoms with van der Waals surface area (Å²) in [5, 5.41) is 3.39. The molecule has 0 aromatic carbocycles. The lowest BCUT2D eigenvalue weighted by Crippen LogP contribution is -2.11. The van der Waals surface area contributed by atoms with E-state index in [4.69, 9.17) is 0 Å². The first-order valence-corrected chi connectivity index (χ1v) is 4.90. The van der Waals surface area contributed by atoms with Gasteiger partial charge in [-0.25, -0.2) is 4.98 Å². The van der Waals surface area contributed by atoms with E-state index < -0.39 is 0 Å². The molecule has 3 heteroatoms. The minimum atomic E-state index is 0.672. The minimum Gasteiger partial charge on any atom is -0.335 e. The second kappa shape index (κ2) is 3.14. The van der Waals surface area contributed by atoms with Gasteiger partial charge in [-0.15, -0.1) is 0 Å². The van der Waals surface area contributed by atoms with E-state index in [0.29, 0.717) is 5.92 Å². The van der Waals surface area contributed by atoms with Crippen LogP contribution in [0.15, 0.2) is 0 Å². The minimum absolute atomic E-state index is 0.672. The Morgan fingerprint density at radius 3 is 2.69 bits per heavy atom. The standard InChI is InChI=1S/C10H17N3/c1-7-10(9-4-5-11-6-9)13(3)8(2)12-7/h9,11H,4-6H2,1-3H3. The number of aromatic nitrogens is 2. The van der Waals surface area contributed by atoms with Crippen molar-refractivity contribution in [1.29, 1.82) is 0 Å². The lowest BCUT2D eigenvalue weighted by molar-refractivity contribution is 0.671. The van der Waals surface area contributed by atoms with Gasteiger partial charge in [-0.1, -0.05) is 0 Å². The summed E-state index contributed by atoms with van der Waals surface area (Å²) in [6.07, 6.45) is 1.25. The van der Waals surface area contributed by atoms with Crippen LogP contribution in [-0.2, 0) is 7.05 Å². The molecular formula is C10H17N3. The van der Waals surface area contributed by atoms with Gasteiger partial charge in [0.1, 0.15) is 5.82 Å². The highest BCUT2D eigenvalue weighted by molar-refractivity contribution is 5.21. The zero-order valence-corrected chi connectivity index (χ0v) is 8.59.